The molecule has 0 aromatic heterocycles. The molecule has 2 N–H and O–H groups in total. The maximum Gasteiger partial charge on any atom is 0.234 e. The van der Waals surface area contributed by atoms with Gasteiger partial charge in [0.15, 0.2) is 0 Å². The molecular formula is C14H28N2OS. The van der Waals surface area contributed by atoms with Crippen molar-refractivity contribution in [2.24, 2.45) is 0 Å². The molecule has 1 aliphatic rings. The molecule has 0 bridgehead atoms. The van der Waals surface area contributed by atoms with Gasteiger partial charge in [-0.2, -0.15) is 11.8 Å². The summed E-state index contributed by atoms with van der Waals surface area (Å²) in [5.74, 6) is 1.39. The van der Waals surface area contributed by atoms with Gasteiger partial charge in [-0.1, -0.05) is 25.7 Å². The van der Waals surface area contributed by atoms with Crippen molar-refractivity contribution >= 4 is 17.7 Å². The van der Waals surface area contributed by atoms with Crippen LogP contribution in [0, 0.1) is 0 Å². The number of carbonyl (C=O) groups excluding carboxylic acids is 1. The van der Waals surface area contributed by atoms with Gasteiger partial charge in [-0.15, -0.1) is 0 Å². The smallest absolute Gasteiger partial charge is 0.234 e. The average Bonchev–Trinajstić information content (AvgIpc) is 2.62. The molecule has 0 unspecified atom stereocenters. The van der Waals surface area contributed by atoms with E-state index in [0.717, 1.165) is 13.0 Å². The van der Waals surface area contributed by atoms with Crippen LogP contribution in [0.4, 0.5) is 0 Å². The first-order valence-electron chi connectivity index (χ1n) is 7.32. The van der Waals surface area contributed by atoms with Crippen molar-refractivity contribution in [3.8, 4) is 0 Å². The van der Waals surface area contributed by atoms with Gasteiger partial charge in [-0.3, -0.25) is 4.79 Å². The summed E-state index contributed by atoms with van der Waals surface area (Å²) in [4.78, 5) is 11.7. The van der Waals surface area contributed by atoms with E-state index < -0.39 is 0 Å². The summed E-state index contributed by atoms with van der Waals surface area (Å²) in [7, 11) is 0. The summed E-state index contributed by atoms with van der Waals surface area (Å²) in [5, 5.41) is 6.38. The Morgan fingerprint density at radius 1 is 1.17 bits per heavy atom. The van der Waals surface area contributed by atoms with E-state index in [1.54, 1.807) is 0 Å². The first-order valence-corrected chi connectivity index (χ1v) is 8.71. The van der Waals surface area contributed by atoms with Gasteiger partial charge in [0.25, 0.3) is 0 Å². The zero-order valence-corrected chi connectivity index (χ0v) is 12.5. The van der Waals surface area contributed by atoms with Crippen molar-refractivity contribution in [3.63, 3.8) is 0 Å². The number of unbranched alkanes of at least 4 members (excludes halogenated alkanes) is 1. The van der Waals surface area contributed by atoms with Gasteiger partial charge in [-0.25, -0.2) is 0 Å². The lowest BCUT2D eigenvalue weighted by Crippen LogP contribution is -2.40. The number of thioether (sulfide) groups is 1. The van der Waals surface area contributed by atoms with E-state index in [1.165, 1.54) is 50.7 Å². The first-order chi connectivity index (χ1) is 8.83. The number of carbonyl (C=O) groups is 1. The highest BCUT2D eigenvalue weighted by Crippen LogP contribution is 2.16. The lowest BCUT2D eigenvalue weighted by molar-refractivity contribution is -0.121. The Labute approximate surface area is 116 Å². The highest BCUT2D eigenvalue weighted by Gasteiger charge is 2.13. The third kappa shape index (κ3) is 7.98. The van der Waals surface area contributed by atoms with Crippen molar-refractivity contribution in [2.75, 3.05) is 25.1 Å². The van der Waals surface area contributed by atoms with Gasteiger partial charge in [0, 0.05) is 6.04 Å². The van der Waals surface area contributed by atoms with Crippen LogP contribution >= 0.6 is 11.8 Å². The van der Waals surface area contributed by atoms with E-state index in [1.807, 2.05) is 11.8 Å². The largest absolute Gasteiger partial charge is 0.352 e. The van der Waals surface area contributed by atoms with Crippen LogP contribution in [0.25, 0.3) is 0 Å². The summed E-state index contributed by atoms with van der Waals surface area (Å²) < 4.78 is 0. The fourth-order valence-corrected chi connectivity index (χ4v) is 2.89. The van der Waals surface area contributed by atoms with Gasteiger partial charge in [0.2, 0.25) is 5.91 Å². The molecule has 1 aliphatic carbocycles. The van der Waals surface area contributed by atoms with Crippen LogP contribution < -0.4 is 10.6 Å². The minimum absolute atomic E-state index is 0.173. The summed E-state index contributed by atoms with van der Waals surface area (Å²) >= 11 is 1.88. The molecule has 0 radical (unpaired) electrons. The summed E-state index contributed by atoms with van der Waals surface area (Å²) in [5.41, 5.74) is 0. The van der Waals surface area contributed by atoms with Gasteiger partial charge in [0.05, 0.1) is 6.54 Å². The predicted octanol–water partition coefficient (Wildman–Crippen LogP) is 2.56. The third-order valence-corrected chi connectivity index (χ3v) is 4.15. The van der Waals surface area contributed by atoms with E-state index >= 15 is 0 Å². The topological polar surface area (TPSA) is 41.1 Å². The quantitative estimate of drug-likeness (QED) is 0.527. The monoisotopic (exact) mass is 272 g/mol. The van der Waals surface area contributed by atoms with Gasteiger partial charge >= 0.3 is 0 Å². The Bertz CT molecular complexity index is 216. The molecule has 1 fully saturated rings. The van der Waals surface area contributed by atoms with Crippen LogP contribution in [-0.2, 0) is 4.79 Å². The summed E-state index contributed by atoms with van der Waals surface area (Å²) in [6.45, 7) is 1.44. The number of rotatable bonds is 8. The second-order valence-electron chi connectivity index (χ2n) is 5.13. The number of hydrogen-bond donors (Lipinski definition) is 2. The van der Waals surface area contributed by atoms with Crippen LogP contribution in [0.15, 0.2) is 0 Å². The van der Waals surface area contributed by atoms with E-state index in [4.69, 9.17) is 0 Å². The second kappa shape index (κ2) is 10.7. The fraction of sp³-hybridized carbons (Fsp3) is 0.929. The summed E-state index contributed by atoms with van der Waals surface area (Å²) in [6.07, 6.45) is 12.1. The molecule has 0 heterocycles. The van der Waals surface area contributed by atoms with E-state index in [-0.39, 0.29) is 5.91 Å². The van der Waals surface area contributed by atoms with Crippen molar-refractivity contribution in [2.45, 2.75) is 57.4 Å². The van der Waals surface area contributed by atoms with Crippen LogP contribution in [0.2, 0.25) is 0 Å². The maximum atomic E-state index is 11.7. The number of nitrogens with one attached hydrogen (secondary N) is 2. The molecule has 1 rings (SSSR count). The number of amides is 1. The molecule has 0 aromatic rings. The molecule has 3 nitrogen and oxygen atoms in total. The Morgan fingerprint density at radius 3 is 2.56 bits per heavy atom. The number of hydrogen-bond acceptors (Lipinski definition) is 3. The Morgan fingerprint density at radius 2 is 1.89 bits per heavy atom. The molecule has 106 valence electrons. The van der Waals surface area contributed by atoms with E-state index in [9.17, 15) is 4.79 Å². The van der Waals surface area contributed by atoms with Crippen molar-refractivity contribution in [3.05, 3.63) is 0 Å². The zero-order valence-electron chi connectivity index (χ0n) is 11.7. The van der Waals surface area contributed by atoms with Crippen LogP contribution in [-0.4, -0.2) is 37.0 Å². The Balaban J connectivity index is 1.98. The normalized spacial score (nSPS) is 17.4. The fourth-order valence-electron chi connectivity index (χ4n) is 2.40. The lowest BCUT2D eigenvalue weighted by Gasteiger charge is -2.16. The van der Waals surface area contributed by atoms with Crippen LogP contribution in [0.3, 0.4) is 0 Å². The highest BCUT2D eigenvalue weighted by atomic mass is 32.2. The first kappa shape index (κ1) is 15.8. The van der Waals surface area contributed by atoms with Gasteiger partial charge in [-0.05, 0) is 44.2 Å². The predicted molar refractivity (Wildman–Crippen MR) is 80.1 cm³/mol. The lowest BCUT2D eigenvalue weighted by atomic mass is 10.1. The molecule has 4 heteroatoms. The molecule has 18 heavy (non-hydrogen) atoms. The average molecular weight is 272 g/mol. The molecule has 1 saturated carbocycles. The minimum atomic E-state index is 0.173. The van der Waals surface area contributed by atoms with Crippen LogP contribution in [0.5, 0.6) is 0 Å². The van der Waals surface area contributed by atoms with Gasteiger partial charge < -0.3 is 10.6 Å². The second-order valence-corrected chi connectivity index (χ2v) is 6.12. The third-order valence-electron chi connectivity index (χ3n) is 3.46. The van der Waals surface area contributed by atoms with E-state index in [2.05, 4.69) is 16.9 Å². The molecule has 0 spiro atoms. The Hall–Kier alpha value is -0.220. The van der Waals surface area contributed by atoms with Crippen molar-refractivity contribution < 1.29 is 4.79 Å². The van der Waals surface area contributed by atoms with Crippen molar-refractivity contribution in [1.29, 1.82) is 0 Å². The van der Waals surface area contributed by atoms with Crippen LogP contribution in [0.1, 0.15) is 51.4 Å². The molecule has 0 aliphatic heterocycles. The maximum absolute atomic E-state index is 11.7. The summed E-state index contributed by atoms with van der Waals surface area (Å²) in [6, 6.07) is 0.429. The SMILES string of the molecule is CSCCCCNCC(=O)NC1CCCCCC1. The molecule has 0 atom stereocenters. The van der Waals surface area contributed by atoms with Gasteiger partial charge in [0.1, 0.15) is 0 Å². The van der Waals surface area contributed by atoms with Crippen molar-refractivity contribution in [1.82, 2.24) is 10.6 Å². The Kier molecular flexibility index (Phi) is 9.40. The zero-order chi connectivity index (χ0) is 13.1. The molecular weight excluding hydrogens is 244 g/mol. The molecule has 0 saturated heterocycles. The molecule has 0 aromatic carbocycles. The standard InChI is InChI=1S/C14H28N2OS/c1-18-11-7-6-10-15-12-14(17)16-13-8-4-2-3-5-9-13/h13,15H,2-12H2,1H3,(H,16,17). The minimum Gasteiger partial charge on any atom is -0.352 e. The molecule has 1 amide bonds. The highest BCUT2D eigenvalue weighted by molar-refractivity contribution is 7.98. The van der Waals surface area contributed by atoms with E-state index in [0.29, 0.717) is 12.6 Å².